The minimum atomic E-state index is -0.610. The molecule has 0 bridgehead atoms. The minimum Gasteiger partial charge on any atom is -0.508 e. The first-order valence-electron chi connectivity index (χ1n) is 8.43. The van der Waals surface area contributed by atoms with Crippen molar-refractivity contribution in [3.05, 3.63) is 69.1 Å². The van der Waals surface area contributed by atoms with Crippen LogP contribution in [0.1, 0.15) is 34.0 Å². The molecule has 0 spiro atoms. The number of amides is 1. The summed E-state index contributed by atoms with van der Waals surface area (Å²) in [5, 5.41) is 13.2. The summed E-state index contributed by atoms with van der Waals surface area (Å²) in [4.78, 5) is 36.2. The lowest BCUT2D eigenvalue weighted by Crippen LogP contribution is -2.21. The average Bonchev–Trinajstić information content (AvgIpc) is 2.62. The van der Waals surface area contributed by atoms with Crippen molar-refractivity contribution in [1.29, 1.82) is 0 Å². The number of rotatable bonds is 4. The number of anilines is 1. The van der Waals surface area contributed by atoms with Gasteiger partial charge in [0.15, 0.2) is 5.78 Å². The Balaban J connectivity index is 1.91. The number of phenolic OH excluding ortho intramolecular Hbond substituents is 1. The lowest BCUT2D eigenvalue weighted by Gasteiger charge is -2.11. The molecule has 0 unspecified atom stereocenters. The number of Topliss-reactive ketones (excluding diaryl/α,β-unsaturated/α-hetero) is 1. The summed E-state index contributed by atoms with van der Waals surface area (Å²) in [5.74, 6) is -0.447. The number of carbonyl (C=O) groups is 2. The van der Waals surface area contributed by atoms with Crippen molar-refractivity contribution in [2.45, 2.75) is 27.2 Å². The van der Waals surface area contributed by atoms with E-state index in [1.807, 2.05) is 0 Å². The van der Waals surface area contributed by atoms with E-state index in [1.165, 1.54) is 13.0 Å². The van der Waals surface area contributed by atoms with Gasteiger partial charge in [0.25, 0.3) is 0 Å². The third-order valence-electron chi connectivity index (χ3n) is 4.57. The Labute approximate surface area is 155 Å². The van der Waals surface area contributed by atoms with Gasteiger partial charge < -0.3 is 14.8 Å². The summed E-state index contributed by atoms with van der Waals surface area (Å²) in [7, 11) is 0. The number of aryl methyl sites for hydroxylation is 2. The van der Waals surface area contributed by atoms with Crippen molar-refractivity contribution in [1.82, 2.24) is 0 Å². The lowest BCUT2D eigenvalue weighted by atomic mass is 10.0. The molecule has 2 aromatic carbocycles. The van der Waals surface area contributed by atoms with E-state index < -0.39 is 5.63 Å². The first-order chi connectivity index (χ1) is 12.8. The molecule has 0 fully saturated rings. The quantitative estimate of drug-likeness (QED) is 0.545. The number of fused-ring (bicyclic) bond motifs is 1. The molecule has 0 radical (unpaired) electrons. The van der Waals surface area contributed by atoms with E-state index in [0.29, 0.717) is 33.3 Å². The van der Waals surface area contributed by atoms with Gasteiger partial charge in [0.05, 0.1) is 12.0 Å². The molecule has 1 aromatic heterocycles. The van der Waals surface area contributed by atoms with E-state index in [2.05, 4.69) is 5.32 Å². The van der Waals surface area contributed by atoms with Gasteiger partial charge in [0, 0.05) is 22.2 Å². The molecule has 0 saturated carbocycles. The summed E-state index contributed by atoms with van der Waals surface area (Å²) in [6.45, 7) is 4.85. The van der Waals surface area contributed by atoms with Crippen LogP contribution < -0.4 is 10.9 Å². The molecule has 0 atom stereocenters. The highest BCUT2D eigenvalue weighted by atomic mass is 16.4. The molecule has 3 rings (SSSR count). The van der Waals surface area contributed by atoms with Gasteiger partial charge in [-0.2, -0.15) is 0 Å². The molecule has 0 saturated heterocycles. The van der Waals surface area contributed by atoms with Crippen LogP contribution in [-0.2, 0) is 11.2 Å². The molecular weight excluding hydrogens is 346 g/mol. The fourth-order valence-corrected chi connectivity index (χ4v) is 2.96. The number of hydrogen-bond donors (Lipinski definition) is 2. The Morgan fingerprint density at radius 2 is 1.85 bits per heavy atom. The fourth-order valence-electron chi connectivity index (χ4n) is 2.96. The van der Waals surface area contributed by atoms with Gasteiger partial charge in [0.1, 0.15) is 11.3 Å². The van der Waals surface area contributed by atoms with Crippen LogP contribution in [0, 0.1) is 13.8 Å². The molecule has 138 valence electrons. The standard InChI is InChI=1S/C21H19NO5/c1-11-16-7-8-18(24)12(2)20(16)27-21(26)17(11)10-19(25)22-15-6-4-5-14(9-15)13(3)23/h4-9,24H,10H2,1-3H3,(H,22,25). The van der Waals surface area contributed by atoms with Gasteiger partial charge in [0.2, 0.25) is 5.91 Å². The summed E-state index contributed by atoms with van der Waals surface area (Å²) in [6.07, 6.45) is -0.158. The monoisotopic (exact) mass is 365 g/mol. The molecule has 0 aliphatic heterocycles. The number of nitrogens with one attached hydrogen (secondary N) is 1. The zero-order valence-electron chi connectivity index (χ0n) is 15.3. The second-order valence-corrected chi connectivity index (χ2v) is 6.44. The zero-order valence-corrected chi connectivity index (χ0v) is 15.3. The Bertz CT molecular complexity index is 1130. The van der Waals surface area contributed by atoms with Crippen molar-refractivity contribution in [3.8, 4) is 5.75 Å². The van der Waals surface area contributed by atoms with Gasteiger partial charge in [-0.15, -0.1) is 0 Å². The normalized spacial score (nSPS) is 10.8. The number of carbonyl (C=O) groups excluding carboxylic acids is 2. The van der Waals surface area contributed by atoms with E-state index in [0.717, 1.165) is 0 Å². The SMILES string of the molecule is CC(=O)c1cccc(NC(=O)Cc2c(C)c3ccc(O)c(C)c3oc2=O)c1. The highest BCUT2D eigenvalue weighted by molar-refractivity contribution is 5.98. The fraction of sp³-hybridized carbons (Fsp3) is 0.190. The topological polar surface area (TPSA) is 96.6 Å². The maximum absolute atomic E-state index is 12.4. The van der Waals surface area contributed by atoms with Crippen molar-refractivity contribution < 1.29 is 19.1 Å². The van der Waals surface area contributed by atoms with Gasteiger partial charge in [-0.05, 0) is 50.6 Å². The van der Waals surface area contributed by atoms with Crippen molar-refractivity contribution in [3.63, 3.8) is 0 Å². The molecule has 6 heteroatoms. The summed E-state index contributed by atoms with van der Waals surface area (Å²) in [6, 6.07) is 9.79. The van der Waals surface area contributed by atoms with Crippen LogP contribution in [-0.4, -0.2) is 16.8 Å². The number of hydrogen-bond acceptors (Lipinski definition) is 5. The number of benzene rings is 2. The molecular formula is C21H19NO5. The van der Waals surface area contributed by atoms with E-state index >= 15 is 0 Å². The van der Waals surface area contributed by atoms with Crippen molar-refractivity contribution in [2.24, 2.45) is 0 Å². The maximum Gasteiger partial charge on any atom is 0.340 e. The third-order valence-corrected chi connectivity index (χ3v) is 4.57. The predicted octanol–water partition coefficient (Wildman–Crippen LogP) is 3.50. The molecule has 27 heavy (non-hydrogen) atoms. The summed E-state index contributed by atoms with van der Waals surface area (Å²) in [5.41, 5.74) is 2.05. The van der Waals surface area contributed by atoms with Crippen LogP contribution >= 0.6 is 0 Å². The smallest absolute Gasteiger partial charge is 0.340 e. The van der Waals surface area contributed by atoms with E-state index in [-0.39, 0.29) is 29.4 Å². The second kappa shape index (κ2) is 7.07. The van der Waals surface area contributed by atoms with Gasteiger partial charge in [-0.25, -0.2) is 4.79 Å². The van der Waals surface area contributed by atoms with Crippen LogP contribution in [0.25, 0.3) is 11.0 Å². The molecule has 1 heterocycles. The highest BCUT2D eigenvalue weighted by Crippen LogP contribution is 2.28. The average molecular weight is 365 g/mol. The molecule has 3 aromatic rings. The zero-order chi connectivity index (χ0) is 19.7. The molecule has 0 aliphatic rings. The Morgan fingerprint density at radius 3 is 2.56 bits per heavy atom. The third kappa shape index (κ3) is 3.60. The molecule has 6 nitrogen and oxygen atoms in total. The molecule has 1 amide bonds. The van der Waals surface area contributed by atoms with E-state index in [4.69, 9.17) is 4.42 Å². The van der Waals surface area contributed by atoms with Crippen LogP contribution in [0.4, 0.5) is 5.69 Å². The lowest BCUT2D eigenvalue weighted by molar-refractivity contribution is -0.115. The predicted molar refractivity (Wildman–Crippen MR) is 102 cm³/mol. The molecule has 0 aliphatic carbocycles. The van der Waals surface area contributed by atoms with Crippen LogP contribution in [0.5, 0.6) is 5.75 Å². The minimum absolute atomic E-state index is 0.0425. The van der Waals surface area contributed by atoms with Crippen LogP contribution in [0.15, 0.2) is 45.6 Å². The maximum atomic E-state index is 12.4. The summed E-state index contributed by atoms with van der Waals surface area (Å²) >= 11 is 0. The first kappa shape index (κ1) is 18.4. The van der Waals surface area contributed by atoms with Gasteiger partial charge in [-0.1, -0.05) is 12.1 Å². The Kier molecular flexibility index (Phi) is 4.81. The van der Waals surface area contributed by atoms with Gasteiger partial charge in [-0.3, -0.25) is 9.59 Å². The largest absolute Gasteiger partial charge is 0.508 e. The van der Waals surface area contributed by atoms with Crippen LogP contribution in [0.2, 0.25) is 0 Å². The first-order valence-corrected chi connectivity index (χ1v) is 8.43. The Morgan fingerprint density at radius 1 is 1.11 bits per heavy atom. The van der Waals surface area contributed by atoms with Crippen LogP contribution in [0.3, 0.4) is 0 Å². The number of ketones is 1. The van der Waals surface area contributed by atoms with Gasteiger partial charge >= 0.3 is 5.63 Å². The molecule has 2 N–H and O–H groups in total. The van der Waals surface area contributed by atoms with E-state index in [9.17, 15) is 19.5 Å². The highest BCUT2D eigenvalue weighted by Gasteiger charge is 2.17. The number of aromatic hydroxyl groups is 1. The number of phenols is 1. The van der Waals surface area contributed by atoms with E-state index in [1.54, 1.807) is 44.2 Å². The van der Waals surface area contributed by atoms with Crippen molar-refractivity contribution >= 4 is 28.3 Å². The summed E-state index contributed by atoms with van der Waals surface area (Å²) < 4.78 is 5.35. The Hall–Kier alpha value is -3.41. The second-order valence-electron chi connectivity index (χ2n) is 6.44. The van der Waals surface area contributed by atoms with Crippen molar-refractivity contribution in [2.75, 3.05) is 5.32 Å².